The molecule has 1 amide bonds. The van der Waals surface area contributed by atoms with Crippen molar-refractivity contribution in [3.63, 3.8) is 0 Å². The Hall–Kier alpha value is -2.11. The summed E-state index contributed by atoms with van der Waals surface area (Å²) < 4.78 is 13.2. The molecule has 1 unspecified atom stereocenters. The molecule has 6 heteroatoms. The Morgan fingerprint density at radius 3 is 2.89 bits per heavy atom. The summed E-state index contributed by atoms with van der Waals surface area (Å²) in [5.41, 5.74) is 0.535. The number of nitrogens with zero attached hydrogens (tertiary/aromatic N) is 2. The lowest BCUT2D eigenvalue weighted by Crippen LogP contribution is -2.55. The Morgan fingerprint density at radius 1 is 1.53 bits per heavy atom. The van der Waals surface area contributed by atoms with Gasteiger partial charge in [0, 0.05) is 19.3 Å². The van der Waals surface area contributed by atoms with Crippen LogP contribution in [-0.4, -0.2) is 48.1 Å². The minimum atomic E-state index is -0.936. The van der Waals surface area contributed by atoms with Gasteiger partial charge in [-0.05, 0) is 18.2 Å². The summed E-state index contributed by atoms with van der Waals surface area (Å²) in [6.07, 6.45) is -0.0892. The van der Waals surface area contributed by atoms with Crippen LogP contribution < -0.4 is 4.90 Å². The van der Waals surface area contributed by atoms with Crippen LogP contribution >= 0.6 is 0 Å². The van der Waals surface area contributed by atoms with E-state index in [-0.39, 0.29) is 24.9 Å². The van der Waals surface area contributed by atoms with Gasteiger partial charge in [-0.15, -0.1) is 0 Å². The van der Waals surface area contributed by atoms with Crippen molar-refractivity contribution in [2.75, 3.05) is 25.0 Å². The fourth-order valence-corrected chi connectivity index (χ4v) is 2.25. The van der Waals surface area contributed by atoms with Gasteiger partial charge in [0.1, 0.15) is 5.82 Å². The van der Waals surface area contributed by atoms with Gasteiger partial charge in [0.25, 0.3) is 0 Å². The fourth-order valence-electron chi connectivity index (χ4n) is 2.25. The normalized spacial score (nSPS) is 19.7. The zero-order chi connectivity index (χ0) is 14.0. The van der Waals surface area contributed by atoms with Crippen LogP contribution in [0, 0.1) is 5.82 Å². The third-order valence-corrected chi connectivity index (χ3v) is 3.21. The summed E-state index contributed by atoms with van der Waals surface area (Å²) in [5, 5.41) is 8.93. The molecule has 1 aromatic carbocycles. The third-order valence-electron chi connectivity index (χ3n) is 3.21. The summed E-state index contributed by atoms with van der Waals surface area (Å²) in [6.45, 7) is 0.388. The summed E-state index contributed by atoms with van der Waals surface area (Å²) in [7, 11) is 1.64. The van der Waals surface area contributed by atoms with E-state index >= 15 is 0 Å². The molecular weight excluding hydrogens is 251 g/mol. The molecule has 0 aromatic heterocycles. The molecule has 1 atom stereocenters. The van der Waals surface area contributed by atoms with Gasteiger partial charge in [-0.3, -0.25) is 9.59 Å². The number of anilines is 1. The Morgan fingerprint density at radius 2 is 2.26 bits per heavy atom. The van der Waals surface area contributed by atoms with Crippen LogP contribution in [0.1, 0.15) is 6.42 Å². The van der Waals surface area contributed by atoms with Crippen LogP contribution in [0.2, 0.25) is 0 Å². The van der Waals surface area contributed by atoms with Crippen molar-refractivity contribution in [3.05, 3.63) is 30.1 Å². The number of rotatable bonds is 3. The molecule has 102 valence electrons. The molecule has 1 aliphatic heterocycles. The minimum absolute atomic E-state index is 0.0674. The van der Waals surface area contributed by atoms with Crippen molar-refractivity contribution in [2.45, 2.75) is 12.5 Å². The molecule has 0 bridgehead atoms. The number of carbonyl (C=O) groups excluding carboxylic acids is 1. The summed E-state index contributed by atoms with van der Waals surface area (Å²) in [6, 6.07) is 5.50. The molecule has 19 heavy (non-hydrogen) atoms. The molecule has 1 aromatic rings. The molecule has 0 saturated carbocycles. The van der Waals surface area contributed by atoms with Gasteiger partial charge in [0.05, 0.1) is 19.0 Å². The second-order valence-corrected chi connectivity index (χ2v) is 4.63. The van der Waals surface area contributed by atoms with Gasteiger partial charge in [0.15, 0.2) is 0 Å². The number of carboxylic acids is 1. The van der Waals surface area contributed by atoms with Gasteiger partial charge in [-0.2, -0.15) is 0 Å². The molecule has 2 rings (SSSR count). The number of likely N-dealkylation sites (N-methyl/N-ethyl adjacent to an activating group) is 1. The van der Waals surface area contributed by atoms with E-state index in [1.807, 2.05) is 0 Å². The smallest absolute Gasteiger partial charge is 0.305 e. The number of aliphatic carboxylic acids is 1. The van der Waals surface area contributed by atoms with Crippen molar-refractivity contribution in [1.82, 2.24) is 4.90 Å². The van der Waals surface area contributed by atoms with Crippen molar-refractivity contribution < 1.29 is 19.1 Å². The van der Waals surface area contributed by atoms with E-state index in [0.717, 1.165) is 0 Å². The Bertz CT molecular complexity index is 506. The maximum Gasteiger partial charge on any atom is 0.305 e. The molecule has 1 saturated heterocycles. The lowest BCUT2D eigenvalue weighted by molar-refractivity contribution is -0.139. The highest BCUT2D eigenvalue weighted by Crippen LogP contribution is 2.23. The van der Waals surface area contributed by atoms with E-state index in [2.05, 4.69) is 0 Å². The van der Waals surface area contributed by atoms with Crippen LogP contribution in [0.4, 0.5) is 10.1 Å². The van der Waals surface area contributed by atoms with Crippen LogP contribution in [0.5, 0.6) is 0 Å². The van der Waals surface area contributed by atoms with E-state index in [1.165, 1.54) is 17.0 Å². The highest BCUT2D eigenvalue weighted by Gasteiger charge is 2.31. The van der Waals surface area contributed by atoms with Gasteiger partial charge >= 0.3 is 5.97 Å². The van der Waals surface area contributed by atoms with Gasteiger partial charge < -0.3 is 14.9 Å². The van der Waals surface area contributed by atoms with Gasteiger partial charge in [-0.1, -0.05) is 6.07 Å². The molecule has 1 heterocycles. The average molecular weight is 266 g/mol. The molecule has 1 N–H and O–H groups in total. The van der Waals surface area contributed by atoms with Gasteiger partial charge in [0.2, 0.25) is 5.91 Å². The number of hydrogen-bond acceptors (Lipinski definition) is 3. The van der Waals surface area contributed by atoms with E-state index in [4.69, 9.17) is 5.11 Å². The third kappa shape index (κ3) is 3.01. The Labute approximate surface area is 110 Å². The highest BCUT2D eigenvalue weighted by molar-refractivity contribution is 5.83. The molecule has 1 aliphatic rings. The largest absolute Gasteiger partial charge is 0.481 e. The highest BCUT2D eigenvalue weighted by atomic mass is 19.1. The first-order valence-corrected chi connectivity index (χ1v) is 5.95. The number of hydrogen-bond donors (Lipinski definition) is 1. The van der Waals surface area contributed by atoms with Crippen LogP contribution in [0.15, 0.2) is 24.3 Å². The summed E-state index contributed by atoms with van der Waals surface area (Å²) >= 11 is 0. The summed E-state index contributed by atoms with van der Waals surface area (Å²) in [4.78, 5) is 25.8. The Balaban J connectivity index is 2.27. The van der Waals surface area contributed by atoms with Crippen LogP contribution in [0.25, 0.3) is 0 Å². The van der Waals surface area contributed by atoms with E-state index in [1.54, 1.807) is 24.1 Å². The zero-order valence-electron chi connectivity index (χ0n) is 10.5. The maximum absolute atomic E-state index is 13.2. The fraction of sp³-hybridized carbons (Fsp3) is 0.385. The van der Waals surface area contributed by atoms with E-state index in [0.29, 0.717) is 12.2 Å². The Kier molecular flexibility index (Phi) is 3.69. The number of amides is 1. The van der Waals surface area contributed by atoms with Crippen molar-refractivity contribution >= 4 is 17.6 Å². The van der Waals surface area contributed by atoms with E-state index in [9.17, 15) is 14.0 Å². The van der Waals surface area contributed by atoms with Gasteiger partial charge in [-0.25, -0.2) is 4.39 Å². The predicted molar refractivity (Wildman–Crippen MR) is 67.4 cm³/mol. The molecule has 0 aliphatic carbocycles. The molecule has 1 fully saturated rings. The first-order valence-electron chi connectivity index (χ1n) is 5.95. The van der Waals surface area contributed by atoms with Crippen molar-refractivity contribution in [2.24, 2.45) is 0 Å². The monoisotopic (exact) mass is 266 g/mol. The number of carbonyl (C=O) groups is 2. The maximum atomic E-state index is 13.2. The lowest BCUT2D eigenvalue weighted by Gasteiger charge is -2.40. The molecule has 0 spiro atoms. The average Bonchev–Trinajstić information content (AvgIpc) is 2.33. The van der Waals surface area contributed by atoms with Crippen molar-refractivity contribution in [3.8, 4) is 0 Å². The molecular formula is C13H15FN2O3. The lowest BCUT2D eigenvalue weighted by atomic mass is 10.1. The van der Waals surface area contributed by atoms with E-state index < -0.39 is 11.8 Å². The molecule has 0 radical (unpaired) electrons. The minimum Gasteiger partial charge on any atom is -0.481 e. The number of benzene rings is 1. The number of halogens is 1. The zero-order valence-corrected chi connectivity index (χ0v) is 10.5. The SMILES string of the molecule is CN1CC(CC(=O)O)N(c2cccc(F)c2)CC1=O. The second kappa shape index (κ2) is 5.26. The quantitative estimate of drug-likeness (QED) is 0.884. The molecule has 5 nitrogen and oxygen atoms in total. The standard InChI is InChI=1S/C13H15FN2O3/c1-15-7-11(6-13(18)19)16(8-12(15)17)10-4-2-3-9(14)5-10/h2-5,11H,6-8H2,1H3,(H,18,19). The first kappa shape index (κ1) is 13.3. The second-order valence-electron chi connectivity index (χ2n) is 4.63. The number of piperazine rings is 1. The predicted octanol–water partition coefficient (Wildman–Crippen LogP) is 0.947. The summed E-state index contributed by atoms with van der Waals surface area (Å²) in [5.74, 6) is -1.45. The van der Waals surface area contributed by atoms with Crippen LogP contribution in [-0.2, 0) is 9.59 Å². The first-order chi connectivity index (χ1) is 8.97. The topological polar surface area (TPSA) is 60.9 Å². The number of carboxylic acid groups (broad SMARTS) is 1. The van der Waals surface area contributed by atoms with Crippen LogP contribution in [0.3, 0.4) is 0 Å². The van der Waals surface area contributed by atoms with Crippen molar-refractivity contribution in [1.29, 1.82) is 0 Å².